The summed E-state index contributed by atoms with van der Waals surface area (Å²) in [6.45, 7) is 1.92. The second-order valence-electron chi connectivity index (χ2n) is 4.20. The van der Waals surface area contributed by atoms with Gasteiger partial charge in [-0.2, -0.15) is 13.2 Å². The van der Waals surface area contributed by atoms with E-state index in [9.17, 15) is 23.3 Å². The van der Waals surface area contributed by atoms with Crippen molar-refractivity contribution in [1.82, 2.24) is 5.01 Å². The third kappa shape index (κ3) is 3.36. The van der Waals surface area contributed by atoms with Gasteiger partial charge in [0.05, 0.1) is 23.7 Å². The van der Waals surface area contributed by atoms with E-state index in [1.165, 1.54) is 0 Å². The number of hydrazine groups is 1. The Labute approximate surface area is 112 Å². The molecule has 1 N–H and O–H groups in total. The molecule has 1 heterocycles. The van der Waals surface area contributed by atoms with Crippen LogP contribution in [0.5, 0.6) is 0 Å². The molecule has 0 unspecified atom stereocenters. The molecule has 0 bridgehead atoms. The average Bonchev–Trinajstić information content (AvgIpc) is 2.38. The van der Waals surface area contributed by atoms with Crippen molar-refractivity contribution in [2.24, 2.45) is 0 Å². The molecule has 20 heavy (non-hydrogen) atoms. The molecule has 9 heteroatoms. The smallest absolute Gasteiger partial charge is 0.379 e. The van der Waals surface area contributed by atoms with Gasteiger partial charge in [0.15, 0.2) is 0 Å². The van der Waals surface area contributed by atoms with Gasteiger partial charge in [-0.05, 0) is 12.1 Å². The highest BCUT2D eigenvalue weighted by Gasteiger charge is 2.33. The molecule has 6 nitrogen and oxygen atoms in total. The molecule has 0 saturated carbocycles. The summed E-state index contributed by atoms with van der Waals surface area (Å²) in [7, 11) is 0. The lowest BCUT2D eigenvalue weighted by Crippen LogP contribution is -2.40. The zero-order valence-electron chi connectivity index (χ0n) is 10.3. The highest BCUT2D eigenvalue weighted by molar-refractivity contribution is 5.62. The van der Waals surface area contributed by atoms with Crippen molar-refractivity contribution in [3.8, 4) is 0 Å². The monoisotopic (exact) mass is 291 g/mol. The fourth-order valence-corrected chi connectivity index (χ4v) is 1.80. The molecule has 1 fully saturated rings. The number of nitrogens with one attached hydrogen (secondary N) is 1. The molecule has 110 valence electrons. The Hall–Kier alpha value is -1.87. The number of hydrogen-bond acceptors (Lipinski definition) is 5. The molecular formula is C11H12F3N3O3. The minimum atomic E-state index is -4.61. The van der Waals surface area contributed by atoms with E-state index in [0.717, 1.165) is 12.1 Å². The molecule has 1 aromatic rings. The zero-order valence-corrected chi connectivity index (χ0v) is 10.3. The maximum Gasteiger partial charge on any atom is 0.416 e. The molecule has 0 spiro atoms. The molecule has 0 amide bonds. The van der Waals surface area contributed by atoms with Gasteiger partial charge in [0, 0.05) is 19.2 Å². The summed E-state index contributed by atoms with van der Waals surface area (Å²) in [6.07, 6.45) is -4.61. The Balaban J connectivity index is 2.25. The largest absolute Gasteiger partial charge is 0.416 e. The first-order chi connectivity index (χ1) is 9.38. The van der Waals surface area contributed by atoms with E-state index < -0.39 is 22.4 Å². The van der Waals surface area contributed by atoms with Crippen molar-refractivity contribution in [3.05, 3.63) is 33.9 Å². The summed E-state index contributed by atoms with van der Waals surface area (Å²) in [6, 6.07) is 2.41. The highest BCUT2D eigenvalue weighted by Crippen LogP contribution is 2.35. The number of halogens is 3. The van der Waals surface area contributed by atoms with Crippen LogP contribution in [-0.4, -0.2) is 36.2 Å². The van der Waals surface area contributed by atoms with Crippen LogP contribution in [0.2, 0.25) is 0 Å². The van der Waals surface area contributed by atoms with Gasteiger partial charge in [0.2, 0.25) is 0 Å². The van der Waals surface area contributed by atoms with Gasteiger partial charge in [-0.3, -0.25) is 10.1 Å². The maximum absolute atomic E-state index is 12.6. The van der Waals surface area contributed by atoms with Crippen molar-refractivity contribution in [1.29, 1.82) is 0 Å². The summed E-state index contributed by atoms with van der Waals surface area (Å²) < 4.78 is 42.8. The first-order valence-electron chi connectivity index (χ1n) is 5.83. The van der Waals surface area contributed by atoms with Crippen LogP contribution < -0.4 is 5.43 Å². The molecule has 1 saturated heterocycles. The standard InChI is InChI=1S/C11H12F3N3O3/c12-11(13,14)8-1-2-9(10(7-8)17(18)19)15-16-3-5-20-6-4-16/h1-2,7,15H,3-6H2. The number of alkyl halides is 3. The van der Waals surface area contributed by atoms with Crippen LogP contribution in [-0.2, 0) is 10.9 Å². The first-order valence-corrected chi connectivity index (χ1v) is 5.83. The average molecular weight is 291 g/mol. The fourth-order valence-electron chi connectivity index (χ4n) is 1.80. The van der Waals surface area contributed by atoms with Crippen molar-refractivity contribution in [2.75, 3.05) is 31.7 Å². The van der Waals surface area contributed by atoms with E-state index in [-0.39, 0.29) is 5.69 Å². The van der Waals surface area contributed by atoms with Crippen LogP contribution >= 0.6 is 0 Å². The maximum atomic E-state index is 12.6. The molecule has 0 aliphatic carbocycles. The molecule has 2 rings (SSSR count). The number of nitro groups is 1. The van der Waals surface area contributed by atoms with Gasteiger partial charge in [-0.1, -0.05) is 0 Å². The summed E-state index contributed by atoms with van der Waals surface area (Å²) in [5.41, 5.74) is 1.14. The highest BCUT2D eigenvalue weighted by atomic mass is 19.4. The number of rotatable bonds is 3. The summed E-state index contributed by atoms with van der Waals surface area (Å²) in [5, 5.41) is 12.6. The Bertz CT molecular complexity index is 501. The molecular weight excluding hydrogens is 279 g/mol. The fraction of sp³-hybridized carbons (Fsp3) is 0.455. The van der Waals surface area contributed by atoms with Gasteiger partial charge < -0.3 is 10.2 Å². The number of morpholine rings is 1. The Morgan fingerprint density at radius 1 is 1.30 bits per heavy atom. The van der Waals surface area contributed by atoms with Crippen molar-refractivity contribution in [3.63, 3.8) is 0 Å². The summed E-state index contributed by atoms with van der Waals surface area (Å²) in [5.74, 6) is 0. The molecule has 0 aromatic heterocycles. The van der Waals surface area contributed by atoms with Crippen LogP contribution in [0.4, 0.5) is 24.5 Å². The second-order valence-corrected chi connectivity index (χ2v) is 4.20. The van der Waals surface area contributed by atoms with Crippen LogP contribution in [0.1, 0.15) is 5.56 Å². The first kappa shape index (κ1) is 14.5. The lowest BCUT2D eigenvalue weighted by molar-refractivity contribution is -0.384. The van der Waals surface area contributed by atoms with E-state index in [2.05, 4.69) is 5.43 Å². The second kappa shape index (κ2) is 5.63. The molecule has 1 aromatic carbocycles. The number of hydrogen-bond donors (Lipinski definition) is 1. The van der Waals surface area contributed by atoms with E-state index in [4.69, 9.17) is 4.74 Å². The number of ether oxygens (including phenoxy) is 1. The van der Waals surface area contributed by atoms with Crippen molar-refractivity contribution in [2.45, 2.75) is 6.18 Å². The summed E-state index contributed by atoms with van der Waals surface area (Å²) in [4.78, 5) is 10.1. The molecule has 1 aliphatic heterocycles. The molecule has 0 radical (unpaired) electrons. The van der Waals surface area contributed by atoms with Gasteiger partial charge in [-0.15, -0.1) is 0 Å². The number of nitrogens with zero attached hydrogens (tertiary/aromatic N) is 2. The Kier molecular flexibility index (Phi) is 4.09. The third-order valence-electron chi connectivity index (χ3n) is 2.81. The summed E-state index contributed by atoms with van der Waals surface area (Å²) >= 11 is 0. The van der Waals surface area contributed by atoms with Crippen molar-refractivity contribution >= 4 is 11.4 Å². The predicted molar refractivity (Wildman–Crippen MR) is 64.1 cm³/mol. The third-order valence-corrected chi connectivity index (χ3v) is 2.81. The van der Waals surface area contributed by atoms with Crippen molar-refractivity contribution < 1.29 is 22.8 Å². The lowest BCUT2D eigenvalue weighted by atomic mass is 10.1. The van der Waals surface area contributed by atoms with Gasteiger partial charge in [-0.25, -0.2) is 5.01 Å². The van der Waals surface area contributed by atoms with Gasteiger partial charge in [0.1, 0.15) is 5.69 Å². The quantitative estimate of drug-likeness (QED) is 0.683. The Morgan fingerprint density at radius 3 is 2.50 bits per heavy atom. The van der Waals surface area contributed by atoms with Crippen LogP contribution in [0, 0.1) is 10.1 Å². The predicted octanol–water partition coefficient (Wildman–Crippen LogP) is 2.27. The lowest BCUT2D eigenvalue weighted by Gasteiger charge is -2.27. The SMILES string of the molecule is O=[N+]([O-])c1cc(C(F)(F)F)ccc1NN1CCOCC1. The zero-order chi connectivity index (χ0) is 14.8. The van der Waals surface area contributed by atoms with E-state index >= 15 is 0 Å². The van der Waals surface area contributed by atoms with E-state index in [1.807, 2.05) is 0 Å². The van der Waals surface area contributed by atoms with Gasteiger partial charge >= 0.3 is 6.18 Å². The number of benzene rings is 1. The minimum Gasteiger partial charge on any atom is -0.379 e. The van der Waals surface area contributed by atoms with E-state index in [0.29, 0.717) is 32.4 Å². The normalized spacial score (nSPS) is 16.9. The Morgan fingerprint density at radius 2 is 1.95 bits per heavy atom. The van der Waals surface area contributed by atoms with Crippen LogP contribution in [0.3, 0.4) is 0 Å². The minimum absolute atomic E-state index is 0.0323. The number of anilines is 1. The van der Waals surface area contributed by atoms with Crippen LogP contribution in [0.15, 0.2) is 18.2 Å². The van der Waals surface area contributed by atoms with Gasteiger partial charge in [0.25, 0.3) is 5.69 Å². The molecule has 1 aliphatic rings. The molecule has 0 atom stereocenters. The number of nitro benzene ring substituents is 1. The van der Waals surface area contributed by atoms with E-state index in [1.54, 1.807) is 5.01 Å². The van der Waals surface area contributed by atoms with Crippen LogP contribution in [0.25, 0.3) is 0 Å². The topological polar surface area (TPSA) is 67.6 Å².